The Morgan fingerprint density at radius 2 is 2.08 bits per heavy atom. The zero-order valence-corrected chi connectivity index (χ0v) is 7.53. The molecule has 0 fully saturated rings. The first-order valence-corrected chi connectivity index (χ1v) is 3.85. The van der Waals surface area contributed by atoms with E-state index in [-0.39, 0.29) is 5.56 Å². The Labute approximate surface area is 70.7 Å². The number of hydrogen-bond acceptors (Lipinski definition) is 2. The van der Waals surface area contributed by atoms with Crippen LogP contribution in [0.2, 0.25) is 0 Å². The van der Waals surface area contributed by atoms with Crippen LogP contribution >= 0.6 is 0 Å². The van der Waals surface area contributed by atoms with Crippen LogP contribution < -0.4 is 16.0 Å². The van der Waals surface area contributed by atoms with Crippen molar-refractivity contribution >= 4 is 12.2 Å². The van der Waals surface area contributed by atoms with Gasteiger partial charge in [-0.2, -0.15) is 5.10 Å². The standard InChI is InChI=1S/C9H12N2O/c1-4-7-6-10-11(3)9(12)8(7)5-2/h4-6H,1-3H3/b7-4-,8-5+. The molecule has 0 bridgehead atoms. The smallest absolute Gasteiger partial charge is 0.267 e. The number of aromatic nitrogens is 2. The lowest BCUT2D eigenvalue weighted by Gasteiger charge is -1.94. The highest BCUT2D eigenvalue weighted by Gasteiger charge is 1.92. The van der Waals surface area contributed by atoms with Crippen molar-refractivity contribution in [2.24, 2.45) is 7.05 Å². The van der Waals surface area contributed by atoms with Gasteiger partial charge in [-0.15, -0.1) is 0 Å². The third-order valence-electron chi connectivity index (χ3n) is 1.81. The van der Waals surface area contributed by atoms with E-state index in [0.717, 1.165) is 10.4 Å². The van der Waals surface area contributed by atoms with E-state index in [1.54, 1.807) is 19.3 Å². The first kappa shape index (κ1) is 8.71. The molecule has 0 radical (unpaired) electrons. The number of rotatable bonds is 0. The van der Waals surface area contributed by atoms with E-state index in [2.05, 4.69) is 5.10 Å². The van der Waals surface area contributed by atoms with Gasteiger partial charge in [0.15, 0.2) is 0 Å². The summed E-state index contributed by atoms with van der Waals surface area (Å²) in [4.78, 5) is 11.4. The molecule has 0 atom stereocenters. The molecule has 0 aromatic carbocycles. The highest BCUT2D eigenvalue weighted by Crippen LogP contribution is 1.60. The van der Waals surface area contributed by atoms with Crippen molar-refractivity contribution in [3.05, 3.63) is 27.0 Å². The monoisotopic (exact) mass is 164 g/mol. The second-order valence-electron chi connectivity index (χ2n) is 2.52. The van der Waals surface area contributed by atoms with Crippen molar-refractivity contribution in [2.45, 2.75) is 13.8 Å². The third kappa shape index (κ3) is 1.30. The van der Waals surface area contributed by atoms with Crippen LogP contribution in [-0.2, 0) is 7.05 Å². The lowest BCUT2D eigenvalue weighted by atomic mass is 10.3. The van der Waals surface area contributed by atoms with E-state index in [1.807, 2.05) is 19.9 Å². The molecule has 12 heavy (non-hydrogen) atoms. The molecule has 0 saturated heterocycles. The highest BCUT2D eigenvalue weighted by molar-refractivity contribution is 5.25. The predicted molar refractivity (Wildman–Crippen MR) is 49.0 cm³/mol. The Kier molecular flexibility index (Phi) is 2.43. The average Bonchev–Trinajstić information content (AvgIpc) is 2.09. The fourth-order valence-corrected chi connectivity index (χ4v) is 1.09. The van der Waals surface area contributed by atoms with Crippen LogP contribution in [-0.4, -0.2) is 9.78 Å². The molecule has 64 valence electrons. The Morgan fingerprint density at radius 3 is 2.58 bits per heavy atom. The molecule has 0 saturated carbocycles. The van der Waals surface area contributed by atoms with Crippen LogP contribution in [0.1, 0.15) is 13.8 Å². The predicted octanol–water partition coefficient (Wildman–Crippen LogP) is -0.619. The first-order chi connectivity index (χ1) is 5.70. The normalized spacial score (nSPS) is 13.9. The molecule has 0 aliphatic carbocycles. The van der Waals surface area contributed by atoms with Crippen molar-refractivity contribution in [3.63, 3.8) is 0 Å². The fraction of sp³-hybridized carbons (Fsp3) is 0.333. The minimum Gasteiger partial charge on any atom is -0.267 e. The van der Waals surface area contributed by atoms with E-state index >= 15 is 0 Å². The van der Waals surface area contributed by atoms with Gasteiger partial charge in [0.2, 0.25) is 0 Å². The SMILES string of the molecule is C/C=c1/cnn(C)c(=O)/c1=C/C. The lowest BCUT2D eigenvalue weighted by Crippen LogP contribution is -2.44. The molecule has 0 N–H and O–H groups in total. The third-order valence-corrected chi connectivity index (χ3v) is 1.81. The molecule has 3 nitrogen and oxygen atoms in total. The van der Waals surface area contributed by atoms with Crippen LogP contribution in [0.5, 0.6) is 0 Å². The molecule has 1 aromatic heterocycles. The fourth-order valence-electron chi connectivity index (χ4n) is 1.09. The van der Waals surface area contributed by atoms with Crippen LogP contribution in [0, 0.1) is 0 Å². The Balaban J connectivity index is 3.85. The second-order valence-corrected chi connectivity index (χ2v) is 2.52. The van der Waals surface area contributed by atoms with E-state index < -0.39 is 0 Å². The van der Waals surface area contributed by atoms with Crippen molar-refractivity contribution < 1.29 is 0 Å². The zero-order chi connectivity index (χ0) is 9.14. The molecule has 0 aliphatic rings. The number of aryl methyl sites for hydroxylation is 1. The summed E-state index contributed by atoms with van der Waals surface area (Å²) in [7, 11) is 1.65. The Morgan fingerprint density at radius 1 is 1.42 bits per heavy atom. The Hall–Kier alpha value is -1.38. The maximum Gasteiger partial charge on any atom is 0.274 e. The molecular weight excluding hydrogens is 152 g/mol. The number of hydrogen-bond donors (Lipinski definition) is 0. The van der Waals surface area contributed by atoms with Crippen molar-refractivity contribution in [1.82, 2.24) is 9.78 Å². The molecule has 1 aromatic rings. The van der Waals surface area contributed by atoms with Gasteiger partial charge in [0, 0.05) is 17.5 Å². The first-order valence-electron chi connectivity index (χ1n) is 3.85. The summed E-state index contributed by atoms with van der Waals surface area (Å²) in [5, 5.41) is 5.52. The quantitative estimate of drug-likeness (QED) is 0.512. The largest absolute Gasteiger partial charge is 0.274 e. The summed E-state index contributed by atoms with van der Waals surface area (Å²) in [5.41, 5.74) is -0.0481. The molecule has 0 unspecified atom stereocenters. The summed E-state index contributed by atoms with van der Waals surface area (Å²) < 4.78 is 1.34. The maximum absolute atomic E-state index is 11.4. The summed E-state index contributed by atoms with van der Waals surface area (Å²) in [6, 6.07) is 0. The number of nitrogens with zero attached hydrogens (tertiary/aromatic N) is 2. The van der Waals surface area contributed by atoms with Crippen molar-refractivity contribution in [2.75, 3.05) is 0 Å². The molecule has 1 heterocycles. The van der Waals surface area contributed by atoms with E-state index in [4.69, 9.17) is 0 Å². The summed E-state index contributed by atoms with van der Waals surface area (Å²) in [6.07, 6.45) is 5.37. The van der Waals surface area contributed by atoms with E-state index in [9.17, 15) is 4.79 Å². The topological polar surface area (TPSA) is 34.9 Å². The minimum absolute atomic E-state index is 0.0481. The van der Waals surface area contributed by atoms with Gasteiger partial charge in [-0.3, -0.25) is 4.79 Å². The highest BCUT2D eigenvalue weighted by atomic mass is 16.1. The summed E-state index contributed by atoms with van der Waals surface area (Å²) >= 11 is 0. The maximum atomic E-state index is 11.4. The molecule has 3 heteroatoms. The lowest BCUT2D eigenvalue weighted by molar-refractivity contribution is 0.696. The van der Waals surface area contributed by atoms with Gasteiger partial charge in [0.25, 0.3) is 5.56 Å². The van der Waals surface area contributed by atoms with E-state index in [1.165, 1.54) is 4.68 Å². The molecule has 0 aliphatic heterocycles. The van der Waals surface area contributed by atoms with E-state index in [0.29, 0.717) is 0 Å². The van der Waals surface area contributed by atoms with Crippen LogP contribution in [0.25, 0.3) is 12.2 Å². The second kappa shape index (κ2) is 3.34. The molecule has 0 amide bonds. The van der Waals surface area contributed by atoms with Gasteiger partial charge >= 0.3 is 0 Å². The van der Waals surface area contributed by atoms with Crippen LogP contribution in [0.4, 0.5) is 0 Å². The zero-order valence-electron chi connectivity index (χ0n) is 7.53. The van der Waals surface area contributed by atoms with Gasteiger partial charge in [0.05, 0.1) is 6.20 Å². The molecule has 1 rings (SSSR count). The molecular formula is C9H12N2O. The van der Waals surface area contributed by atoms with Crippen LogP contribution in [0.15, 0.2) is 11.0 Å². The van der Waals surface area contributed by atoms with Gasteiger partial charge in [-0.05, 0) is 13.8 Å². The van der Waals surface area contributed by atoms with Gasteiger partial charge < -0.3 is 0 Å². The van der Waals surface area contributed by atoms with Gasteiger partial charge in [-0.1, -0.05) is 12.2 Å². The Bertz CT molecular complexity index is 443. The summed E-state index contributed by atoms with van der Waals surface area (Å²) in [5.74, 6) is 0. The van der Waals surface area contributed by atoms with Gasteiger partial charge in [0.1, 0.15) is 0 Å². The average molecular weight is 164 g/mol. The summed E-state index contributed by atoms with van der Waals surface area (Å²) in [6.45, 7) is 3.74. The van der Waals surface area contributed by atoms with Crippen molar-refractivity contribution in [1.29, 1.82) is 0 Å². The minimum atomic E-state index is -0.0481. The van der Waals surface area contributed by atoms with Crippen LogP contribution in [0.3, 0.4) is 0 Å². The van der Waals surface area contributed by atoms with Gasteiger partial charge in [-0.25, -0.2) is 4.68 Å². The van der Waals surface area contributed by atoms with Crippen molar-refractivity contribution in [3.8, 4) is 0 Å². The molecule has 0 spiro atoms.